The zero-order valence-corrected chi connectivity index (χ0v) is 20.4. The van der Waals surface area contributed by atoms with Crippen LogP contribution in [0.15, 0.2) is 48.5 Å². The van der Waals surface area contributed by atoms with Gasteiger partial charge in [0.15, 0.2) is 5.60 Å². The van der Waals surface area contributed by atoms with Crippen molar-refractivity contribution in [2.45, 2.75) is 31.3 Å². The number of benzene rings is 3. The average molecular weight is 533 g/mol. The van der Waals surface area contributed by atoms with Crippen LogP contribution >= 0.6 is 0 Å². The monoisotopic (exact) mass is 533 g/mol. The summed E-state index contributed by atoms with van der Waals surface area (Å²) in [4.78, 5) is 49.4. The van der Waals surface area contributed by atoms with Crippen molar-refractivity contribution < 1.29 is 49.1 Å². The van der Waals surface area contributed by atoms with Crippen molar-refractivity contribution in [3.8, 4) is 23.0 Å². The Morgan fingerprint density at radius 3 is 2.05 bits per heavy atom. The summed E-state index contributed by atoms with van der Waals surface area (Å²) in [6.07, 6.45) is 1.49. The quantitative estimate of drug-likeness (QED) is 0.211. The van der Waals surface area contributed by atoms with Gasteiger partial charge < -0.3 is 35.2 Å². The molecule has 0 bridgehead atoms. The average Bonchev–Trinajstić information content (AvgIpc) is 3.17. The first-order valence-electron chi connectivity index (χ1n) is 12.1. The minimum Gasteiger partial charge on any atom is -0.508 e. The molecule has 0 aromatic heterocycles. The predicted octanol–water partition coefficient (Wildman–Crippen LogP) is 3.74. The summed E-state index contributed by atoms with van der Waals surface area (Å²) in [6.45, 7) is 0.183. The highest BCUT2D eigenvalue weighted by molar-refractivity contribution is 6.10. The molecule has 0 saturated heterocycles. The molecule has 11 heteroatoms. The van der Waals surface area contributed by atoms with Gasteiger partial charge in [-0.05, 0) is 49.2 Å². The molecule has 3 aromatic carbocycles. The van der Waals surface area contributed by atoms with E-state index in [1.165, 1.54) is 42.5 Å². The van der Waals surface area contributed by atoms with Crippen LogP contribution in [0.2, 0.25) is 0 Å². The number of aromatic carboxylic acids is 1. The number of carboxylic acids is 2. The third-order valence-electron chi connectivity index (χ3n) is 6.72. The van der Waals surface area contributed by atoms with Gasteiger partial charge in [-0.15, -0.1) is 0 Å². The van der Waals surface area contributed by atoms with Crippen LogP contribution in [0.3, 0.4) is 0 Å². The fourth-order valence-electron chi connectivity index (χ4n) is 5.00. The minimum absolute atomic E-state index is 0.0121. The molecule has 0 unspecified atom stereocenters. The van der Waals surface area contributed by atoms with Crippen molar-refractivity contribution in [2.75, 3.05) is 6.54 Å². The SMILES string of the molecule is O=C(O)CCCCCNC(=O)c1cc(C(=O)O)cc2c1C(=O)OC21c2ccc(O)cc2Oc2cc(O)ccc21. The Morgan fingerprint density at radius 2 is 1.46 bits per heavy atom. The molecule has 2 aliphatic heterocycles. The molecule has 0 aliphatic carbocycles. The maximum atomic E-state index is 13.4. The first kappa shape index (κ1) is 25.6. The fraction of sp³-hybridized carbons (Fsp3) is 0.214. The first-order valence-corrected chi connectivity index (χ1v) is 12.1. The Bertz CT molecular complexity index is 1490. The lowest BCUT2D eigenvalue weighted by atomic mass is 9.76. The summed E-state index contributed by atoms with van der Waals surface area (Å²) in [5.74, 6) is -3.85. The Balaban J connectivity index is 1.62. The van der Waals surface area contributed by atoms with Gasteiger partial charge in [0.05, 0.1) is 16.7 Å². The number of fused-ring (bicyclic) bond motifs is 6. The topological polar surface area (TPSA) is 180 Å². The number of nitrogens with one attached hydrogen (secondary N) is 1. The largest absolute Gasteiger partial charge is 0.508 e. The number of carbonyl (C=O) groups excluding carboxylic acids is 2. The van der Waals surface area contributed by atoms with Gasteiger partial charge in [-0.25, -0.2) is 9.59 Å². The normalized spacial score (nSPS) is 14.0. The molecular weight excluding hydrogens is 510 g/mol. The number of unbranched alkanes of at least 4 members (excludes halogenated alkanes) is 2. The molecule has 0 saturated carbocycles. The first-order chi connectivity index (χ1) is 18.6. The number of carbonyl (C=O) groups is 4. The van der Waals surface area contributed by atoms with Gasteiger partial charge in [0.25, 0.3) is 5.91 Å². The van der Waals surface area contributed by atoms with E-state index in [1.54, 1.807) is 0 Å². The van der Waals surface area contributed by atoms with Gasteiger partial charge in [-0.2, -0.15) is 0 Å². The predicted molar refractivity (Wildman–Crippen MR) is 133 cm³/mol. The zero-order chi connectivity index (χ0) is 27.9. The van der Waals surface area contributed by atoms with Gasteiger partial charge in [-0.3, -0.25) is 9.59 Å². The number of esters is 1. The minimum atomic E-state index is -1.73. The number of rotatable bonds is 8. The van der Waals surface area contributed by atoms with Gasteiger partial charge >= 0.3 is 17.9 Å². The van der Waals surface area contributed by atoms with Gasteiger partial charge in [0.2, 0.25) is 0 Å². The van der Waals surface area contributed by atoms with E-state index >= 15 is 0 Å². The standard InChI is InChI=1S/C28H23NO10/c30-15-5-7-18-21(12-15)38-22-13-16(31)6-8-19(22)28(18)20-11-14(26(35)36)10-17(24(20)27(37)39-28)25(34)29-9-3-1-2-4-23(32)33/h5-8,10-13,30-31H,1-4,9H2,(H,29,34)(H,32,33)(H,35,36). The Morgan fingerprint density at radius 1 is 0.821 bits per heavy atom. The van der Waals surface area contributed by atoms with E-state index in [9.17, 15) is 34.5 Å². The smallest absolute Gasteiger partial charge is 0.340 e. The van der Waals surface area contributed by atoms with Crippen LogP contribution in [-0.4, -0.2) is 50.8 Å². The van der Waals surface area contributed by atoms with Crippen LogP contribution in [0.1, 0.15) is 73.4 Å². The van der Waals surface area contributed by atoms with E-state index in [-0.39, 0.29) is 69.3 Å². The van der Waals surface area contributed by atoms with E-state index in [4.69, 9.17) is 14.6 Å². The molecule has 200 valence electrons. The molecule has 5 rings (SSSR count). The molecule has 1 amide bonds. The molecule has 0 fully saturated rings. The van der Waals surface area contributed by atoms with Gasteiger partial charge in [0.1, 0.15) is 23.0 Å². The van der Waals surface area contributed by atoms with Crippen LogP contribution in [0.4, 0.5) is 0 Å². The van der Waals surface area contributed by atoms with Crippen LogP contribution in [0.5, 0.6) is 23.0 Å². The number of hydrogen-bond donors (Lipinski definition) is 5. The second-order valence-corrected chi connectivity index (χ2v) is 9.25. The molecule has 2 aliphatic rings. The number of phenolic OH excluding ortho intramolecular Hbond substituents is 2. The molecule has 0 radical (unpaired) electrons. The van der Waals surface area contributed by atoms with Crippen molar-refractivity contribution in [3.05, 3.63) is 81.9 Å². The summed E-state index contributed by atoms with van der Waals surface area (Å²) < 4.78 is 11.9. The second-order valence-electron chi connectivity index (χ2n) is 9.25. The lowest BCUT2D eigenvalue weighted by Crippen LogP contribution is -2.33. The third-order valence-corrected chi connectivity index (χ3v) is 6.72. The maximum absolute atomic E-state index is 13.4. The van der Waals surface area contributed by atoms with Crippen LogP contribution in [0, 0.1) is 0 Å². The second kappa shape index (κ2) is 9.67. The summed E-state index contributed by atoms with van der Waals surface area (Å²) in [6, 6.07) is 10.7. The van der Waals surface area contributed by atoms with Gasteiger partial charge in [-0.1, -0.05) is 6.42 Å². The van der Waals surface area contributed by atoms with Crippen molar-refractivity contribution in [2.24, 2.45) is 0 Å². The summed E-state index contributed by atoms with van der Waals surface area (Å²) in [5.41, 5.74) is -1.62. The number of aromatic hydroxyl groups is 2. The van der Waals surface area contributed by atoms with E-state index in [1.807, 2.05) is 0 Å². The van der Waals surface area contributed by atoms with Crippen molar-refractivity contribution >= 4 is 23.8 Å². The summed E-state index contributed by atoms with van der Waals surface area (Å²) >= 11 is 0. The number of phenols is 2. The number of ether oxygens (including phenoxy) is 2. The van der Waals surface area contributed by atoms with E-state index < -0.39 is 29.4 Å². The lowest BCUT2D eigenvalue weighted by molar-refractivity contribution is -0.137. The Hall–Kier alpha value is -5.06. The van der Waals surface area contributed by atoms with Gasteiger partial charge in [0, 0.05) is 41.8 Å². The molecule has 11 nitrogen and oxygen atoms in total. The maximum Gasteiger partial charge on any atom is 0.340 e. The van der Waals surface area contributed by atoms with Crippen LogP contribution in [-0.2, 0) is 15.1 Å². The number of aliphatic carboxylic acids is 1. The Kier molecular flexibility index (Phi) is 6.35. The highest BCUT2D eigenvalue weighted by atomic mass is 16.6. The molecule has 1 spiro atoms. The Labute approximate surface area is 221 Å². The molecule has 5 N–H and O–H groups in total. The molecule has 0 atom stereocenters. The van der Waals surface area contributed by atoms with Crippen molar-refractivity contribution in [3.63, 3.8) is 0 Å². The zero-order valence-electron chi connectivity index (χ0n) is 20.4. The van der Waals surface area contributed by atoms with Crippen LogP contribution < -0.4 is 10.1 Å². The summed E-state index contributed by atoms with van der Waals surface area (Å²) in [7, 11) is 0. The van der Waals surface area contributed by atoms with E-state index in [0.717, 1.165) is 6.07 Å². The van der Waals surface area contributed by atoms with Crippen molar-refractivity contribution in [1.29, 1.82) is 0 Å². The third kappa shape index (κ3) is 4.37. The van der Waals surface area contributed by atoms with Crippen molar-refractivity contribution in [1.82, 2.24) is 5.32 Å². The number of hydrogen-bond acceptors (Lipinski definition) is 8. The fourth-order valence-corrected chi connectivity index (χ4v) is 5.00. The number of amides is 1. The lowest BCUT2D eigenvalue weighted by Gasteiger charge is -2.36. The summed E-state index contributed by atoms with van der Waals surface area (Å²) in [5, 5.41) is 41.4. The number of carboxylic acid groups (broad SMARTS) is 2. The molecular formula is C28H23NO10. The molecule has 3 aromatic rings. The van der Waals surface area contributed by atoms with Crippen LogP contribution in [0.25, 0.3) is 0 Å². The van der Waals surface area contributed by atoms with E-state index in [2.05, 4.69) is 5.32 Å². The molecule has 2 heterocycles. The highest BCUT2D eigenvalue weighted by Gasteiger charge is 2.55. The highest BCUT2D eigenvalue weighted by Crippen LogP contribution is 2.57. The molecule has 39 heavy (non-hydrogen) atoms. The van der Waals surface area contributed by atoms with E-state index in [0.29, 0.717) is 19.3 Å².